The van der Waals surface area contributed by atoms with Gasteiger partial charge in [0.1, 0.15) is 5.75 Å². The molecule has 0 atom stereocenters. The second kappa shape index (κ2) is 10.8. The van der Waals surface area contributed by atoms with Crippen molar-refractivity contribution in [3.8, 4) is 5.75 Å². The Kier molecular flexibility index (Phi) is 8.41. The van der Waals surface area contributed by atoms with E-state index in [1.165, 1.54) is 25.7 Å². The first-order valence-corrected chi connectivity index (χ1v) is 9.56. The minimum Gasteiger partial charge on any atom is -0.497 e. The molecule has 144 valence electrons. The van der Waals surface area contributed by atoms with Gasteiger partial charge in [-0.1, -0.05) is 38.7 Å². The van der Waals surface area contributed by atoms with Gasteiger partial charge in [-0.05, 0) is 31.5 Å². The number of ether oxygens (including phenoxy) is 1. The minimum absolute atomic E-state index is 0.00734. The molecule has 1 aromatic rings. The Labute approximate surface area is 156 Å². The molecule has 26 heavy (non-hydrogen) atoms. The van der Waals surface area contributed by atoms with E-state index in [1.807, 2.05) is 30.0 Å². The molecule has 0 aromatic heterocycles. The van der Waals surface area contributed by atoms with Gasteiger partial charge in [-0.15, -0.1) is 0 Å². The van der Waals surface area contributed by atoms with Crippen LogP contribution in [-0.4, -0.2) is 49.5 Å². The van der Waals surface area contributed by atoms with E-state index in [9.17, 15) is 9.59 Å². The van der Waals surface area contributed by atoms with Crippen molar-refractivity contribution in [2.45, 2.75) is 51.5 Å². The van der Waals surface area contributed by atoms with Crippen LogP contribution in [0, 0.1) is 0 Å². The smallest absolute Gasteiger partial charge is 0.238 e. The number of carbonyl (C=O) groups excluding carboxylic acids is 2. The average Bonchev–Trinajstić information content (AvgIpc) is 2.89. The summed E-state index contributed by atoms with van der Waals surface area (Å²) in [6.45, 7) is 3.03. The molecule has 1 fully saturated rings. The summed E-state index contributed by atoms with van der Waals surface area (Å²) < 4.78 is 5.16. The van der Waals surface area contributed by atoms with E-state index in [4.69, 9.17) is 4.74 Å². The Balaban J connectivity index is 1.79. The summed E-state index contributed by atoms with van der Waals surface area (Å²) in [5.41, 5.74) is 0.688. The normalized spacial score (nSPS) is 15.3. The Morgan fingerprint density at radius 1 is 1.12 bits per heavy atom. The van der Waals surface area contributed by atoms with Gasteiger partial charge in [-0.2, -0.15) is 0 Å². The van der Waals surface area contributed by atoms with E-state index in [0.29, 0.717) is 18.0 Å². The lowest BCUT2D eigenvalue weighted by molar-refractivity contribution is -0.124. The number of anilines is 1. The molecule has 0 heterocycles. The highest BCUT2D eigenvalue weighted by molar-refractivity contribution is 5.92. The van der Waals surface area contributed by atoms with Crippen LogP contribution in [0.3, 0.4) is 0 Å². The summed E-state index contributed by atoms with van der Waals surface area (Å²) in [5, 5.41) is 5.98. The largest absolute Gasteiger partial charge is 0.497 e. The van der Waals surface area contributed by atoms with E-state index in [-0.39, 0.29) is 30.9 Å². The van der Waals surface area contributed by atoms with Crippen molar-refractivity contribution in [2.75, 3.05) is 32.1 Å². The first kappa shape index (κ1) is 20.2. The third-order valence-electron chi connectivity index (χ3n) is 4.76. The maximum absolute atomic E-state index is 12.3. The molecule has 0 radical (unpaired) electrons. The summed E-state index contributed by atoms with van der Waals surface area (Å²) >= 11 is 0. The molecule has 1 aromatic carbocycles. The lowest BCUT2D eigenvalue weighted by Crippen LogP contribution is -2.44. The van der Waals surface area contributed by atoms with Crippen molar-refractivity contribution in [1.82, 2.24) is 10.2 Å². The van der Waals surface area contributed by atoms with Gasteiger partial charge < -0.3 is 15.4 Å². The molecule has 0 bridgehead atoms. The van der Waals surface area contributed by atoms with Gasteiger partial charge in [0.05, 0.1) is 20.2 Å². The summed E-state index contributed by atoms with van der Waals surface area (Å²) in [5.74, 6) is 0.563. The number of carbonyl (C=O) groups is 2. The van der Waals surface area contributed by atoms with Gasteiger partial charge >= 0.3 is 0 Å². The number of nitrogens with zero attached hydrogens (tertiary/aromatic N) is 1. The lowest BCUT2D eigenvalue weighted by Gasteiger charge is -2.22. The molecule has 1 saturated carbocycles. The van der Waals surface area contributed by atoms with Crippen molar-refractivity contribution in [2.24, 2.45) is 0 Å². The fraction of sp³-hybridized carbons (Fsp3) is 0.600. The molecular weight excluding hydrogens is 330 g/mol. The van der Waals surface area contributed by atoms with Crippen LogP contribution in [0.15, 0.2) is 24.3 Å². The van der Waals surface area contributed by atoms with Crippen molar-refractivity contribution in [1.29, 1.82) is 0 Å². The second-order valence-corrected chi connectivity index (χ2v) is 6.84. The zero-order valence-corrected chi connectivity index (χ0v) is 15.9. The molecule has 0 spiro atoms. The zero-order chi connectivity index (χ0) is 18.8. The Bertz CT molecular complexity index is 583. The van der Waals surface area contributed by atoms with Crippen molar-refractivity contribution >= 4 is 17.5 Å². The first-order valence-electron chi connectivity index (χ1n) is 9.56. The van der Waals surface area contributed by atoms with Gasteiger partial charge in [-0.3, -0.25) is 14.5 Å². The predicted octanol–water partition coefficient (Wildman–Crippen LogP) is 2.79. The molecule has 1 aliphatic carbocycles. The van der Waals surface area contributed by atoms with Crippen LogP contribution in [0.1, 0.15) is 45.4 Å². The van der Waals surface area contributed by atoms with Gasteiger partial charge in [-0.25, -0.2) is 0 Å². The molecule has 1 aliphatic rings. The van der Waals surface area contributed by atoms with E-state index in [0.717, 1.165) is 12.8 Å². The van der Waals surface area contributed by atoms with Crippen molar-refractivity contribution in [3.05, 3.63) is 24.3 Å². The second-order valence-electron chi connectivity index (χ2n) is 6.84. The van der Waals surface area contributed by atoms with E-state index >= 15 is 0 Å². The fourth-order valence-electron chi connectivity index (χ4n) is 3.28. The number of hydrogen-bond donors (Lipinski definition) is 2. The van der Waals surface area contributed by atoms with E-state index < -0.39 is 0 Å². The highest BCUT2D eigenvalue weighted by Crippen LogP contribution is 2.17. The summed E-state index contributed by atoms with van der Waals surface area (Å²) in [7, 11) is 1.59. The third kappa shape index (κ3) is 7.04. The first-order chi connectivity index (χ1) is 12.6. The Morgan fingerprint density at radius 2 is 1.81 bits per heavy atom. The molecular formula is C20H31N3O3. The van der Waals surface area contributed by atoms with Gasteiger partial charge in [0.25, 0.3) is 0 Å². The maximum Gasteiger partial charge on any atom is 0.238 e. The van der Waals surface area contributed by atoms with Gasteiger partial charge in [0, 0.05) is 17.8 Å². The van der Waals surface area contributed by atoms with Crippen LogP contribution < -0.4 is 15.4 Å². The topological polar surface area (TPSA) is 70.7 Å². The summed E-state index contributed by atoms with van der Waals surface area (Å²) in [6, 6.07) is 7.52. The quantitative estimate of drug-likeness (QED) is 0.699. The van der Waals surface area contributed by atoms with E-state index in [1.54, 1.807) is 13.2 Å². The van der Waals surface area contributed by atoms with Crippen molar-refractivity contribution < 1.29 is 14.3 Å². The Hall–Kier alpha value is -2.08. The van der Waals surface area contributed by atoms with Crippen LogP contribution in [0.5, 0.6) is 5.75 Å². The highest BCUT2D eigenvalue weighted by Gasteiger charge is 2.18. The van der Waals surface area contributed by atoms with Crippen molar-refractivity contribution in [3.63, 3.8) is 0 Å². The molecule has 2 amide bonds. The van der Waals surface area contributed by atoms with Crippen LogP contribution >= 0.6 is 0 Å². The number of benzene rings is 1. The molecule has 6 heteroatoms. The number of likely N-dealkylation sites (N-methyl/N-ethyl adjacent to an activating group) is 1. The zero-order valence-electron chi connectivity index (χ0n) is 15.9. The number of nitrogens with one attached hydrogen (secondary N) is 2. The monoisotopic (exact) mass is 361 g/mol. The fourth-order valence-corrected chi connectivity index (χ4v) is 3.28. The minimum atomic E-state index is -0.137. The van der Waals surface area contributed by atoms with E-state index in [2.05, 4.69) is 10.6 Å². The number of methoxy groups -OCH3 is 1. The standard InChI is InChI=1S/C20H31N3O3/c1-3-23(14-19(24)21-16-9-6-4-5-7-10-16)15-20(25)22-17-11-8-12-18(13-17)26-2/h8,11-13,16H,3-7,9-10,14-15H2,1-2H3,(H,21,24)(H,22,25). The molecule has 0 saturated heterocycles. The number of rotatable bonds is 8. The average molecular weight is 361 g/mol. The molecule has 0 aliphatic heterocycles. The summed E-state index contributed by atoms with van der Waals surface area (Å²) in [6.07, 6.45) is 7.02. The number of hydrogen-bond acceptors (Lipinski definition) is 4. The molecule has 2 rings (SSSR count). The van der Waals surface area contributed by atoms with Crippen LogP contribution in [0.2, 0.25) is 0 Å². The molecule has 0 unspecified atom stereocenters. The van der Waals surface area contributed by atoms with Gasteiger partial charge in [0.2, 0.25) is 11.8 Å². The van der Waals surface area contributed by atoms with Crippen LogP contribution in [0.4, 0.5) is 5.69 Å². The Morgan fingerprint density at radius 3 is 2.46 bits per heavy atom. The van der Waals surface area contributed by atoms with Gasteiger partial charge in [0.15, 0.2) is 0 Å². The SMILES string of the molecule is CCN(CC(=O)Nc1cccc(OC)c1)CC(=O)NC1CCCCCC1. The lowest BCUT2D eigenvalue weighted by atomic mass is 10.1. The van der Waals surface area contributed by atoms with Crippen LogP contribution in [-0.2, 0) is 9.59 Å². The maximum atomic E-state index is 12.3. The van der Waals surface area contributed by atoms with Crippen LogP contribution in [0.25, 0.3) is 0 Å². The highest BCUT2D eigenvalue weighted by atomic mass is 16.5. The predicted molar refractivity (Wildman–Crippen MR) is 103 cm³/mol. The third-order valence-corrected chi connectivity index (χ3v) is 4.76. The molecule has 2 N–H and O–H groups in total. The molecule has 6 nitrogen and oxygen atoms in total. The number of amides is 2. The summed E-state index contributed by atoms with van der Waals surface area (Å²) in [4.78, 5) is 26.4.